The smallest absolute Gasteiger partial charge is 0.193 e. The van der Waals surface area contributed by atoms with Crippen LogP contribution in [-0.2, 0) is 10.2 Å². The first-order valence-corrected chi connectivity index (χ1v) is 9.37. The van der Waals surface area contributed by atoms with Gasteiger partial charge >= 0.3 is 0 Å². The molecule has 1 aliphatic carbocycles. The molecule has 1 atom stereocenters. The molecule has 2 aliphatic heterocycles. The molecule has 6 heteroatoms. The lowest BCUT2D eigenvalue weighted by molar-refractivity contribution is 0.156. The molecule has 5 nitrogen and oxygen atoms in total. The molecule has 2 saturated heterocycles. The third-order valence-electron chi connectivity index (χ3n) is 6.25. The summed E-state index contributed by atoms with van der Waals surface area (Å²) in [6, 6.07) is 8.42. The van der Waals surface area contributed by atoms with Gasteiger partial charge in [-0.15, -0.1) is 24.0 Å². The SMILES string of the molecule is CN=C(NCC1(c2ccccc2OC)CC1)N1CCC2(CCOC2)C1.I. The van der Waals surface area contributed by atoms with Crippen LogP contribution in [0.25, 0.3) is 0 Å². The highest BCUT2D eigenvalue weighted by molar-refractivity contribution is 14.0. The van der Waals surface area contributed by atoms with Crippen molar-refractivity contribution >= 4 is 29.9 Å². The highest BCUT2D eigenvalue weighted by Gasteiger charge is 2.47. The monoisotopic (exact) mass is 471 g/mol. The zero-order valence-electron chi connectivity index (χ0n) is 15.8. The van der Waals surface area contributed by atoms with E-state index in [1.165, 1.54) is 31.2 Å². The summed E-state index contributed by atoms with van der Waals surface area (Å²) in [5.41, 5.74) is 1.87. The normalized spacial score (nSPS) is 26.7. The molecule has 0 amide bonds. The second-order valence-corrected chi connectivity index (χ2v) is 7.86. The van der Waals surface area contributed by atoms with E-state index >= 15 is 0 Å². The summed E-state index contributed by atoms with van der Waals surface area (Å²) in [6.07, 6.45) is 4.81. The fraction of sp³-hybridized carbons (Fsp3) is 0.650. The number of benzene rings is 1. The van der Waals surface area contributed by atoms with Crippen LogP contribution in [0.3, 0.4) is 0 Å². The van der Waals surface area contributed by atoms with E-state index in [1.54, 1.807) is 7.11 Å². The standard InChI is InChI=1S/C20H29N3O2.HI/c1-21-18(23-11-9-19(14-23)10-12-25-15-19)22-13-20(7-8-20)16-5-3-4-6-17(16)24-2;/h3-6H,7-15H2,1-2H3,(H,21,22);1H. The van der Waals surface area contributed by atoms with Gasteiger partial charge in [-0.2, -0.15) is 0 Å². The Kier molecular flexibility index (Phi) is 6.01. The second kappa shape index (κ2) is 7.92. The van der Waals surface area contributed by atoms with Crippen LogP contribution in [0.5, 0.6) is 5.75 Å². The Morgan fingerprint density at radius 1 is 1.27 bits per heavy atom. The van der Waals surface area contributed by atoms with Crippen molar-refractivity contribution in [3.05, 3.63) is 29.8 Å². The molecular formula is C20H30IN3O2. The van der Waals surface area contributed by atoms with Crippen molar-refractivity contribution in [1.82, 2.24) is 10.2 Å². The molecule has 1 N–H and O–H groups in total. The molecule has 1 saturated carbocycles. The number of nitrogens with one attached hydrogen (secondary N) is 1. The molecule has 0 radical (unpaired) electrons. The van der Waals surface area contributed by atoms with E-state index in [0.717, 1.165) is 44.6 Å². The Hall–Kier alpha value is -1.02. The number of nitrogens with zero attached hydrogens (tertiary/aromatic N) is 2. The Bertz CT molecular complexity index is 654. The molecule has 26 heavy (non-hydrogen) atoms. The molecule has 1 spiro atoms. The number of ether oxygens (including phenoxy) is 2. The summed E-state index contributed by atoms with van der Waals surface area (Å²) in [5, 5.41) is 3.65. The molecule has 3 aliphatic rings. The van der Waals surface area contributed by atoms with Crippen molar-refractivity contribution in [2.75, 3.05) is 47.0 Å². The third-order valence-corrected chi connectivity index (χ3v) is 6.25. The van der Waals surface area contributed by atoms with Gasteiger partial charge in [-0.25, -0.2) is 0 Å². The fourth-order valence-corrected chi connectivity index (χ4v) is 4.44. The highest BCUT2D eigenvalue weighted by Crippen LogP contribution is 2.50. The fourth-order valence-electron chi connectivity index (χ4n) is 4.44. The third kappa shape index (κ3) is 3.67. The lowest BCUT2D eigenvalue weighted by Gasteiger charge is -2.27. The van der Waals surface area contributed by atoms with Crippen LogP contribution in [0.15, 0.2) is 29.3 Å². The van der Waals surface area contributed by atoms with E-state index in [0.29, 0.717) is 5.41 Å². The van der Waals surface area contributed by atoms with Crippen molar-refractivity contribution in [3.63, 3.8) is 0 Å². The van der Waals surface area contributed by atoms with Crippen molar-refractivity contribution in [2.45, 2.75) is 31.1 Å². The first-order chi connectivity index (χ1) is 12.2. The summed E-state index contributed by atoms with van der Waals surface area (Å²) < 4.78 is 11.2. The Balaban J connectivity index is 0.00000196. The lowest BCUT2D eigenvalue weighted by atomic mass is 9.87. The zero-order valence-corrected chi connectivity index (χ0v) is 18.1. The minimum atomic E-state index is 0. The topological polar surface area (TPSA) is 46.1 Å². The Labute approximate surface area is 173 Å². The van der Waals surface area contributed by atoms with Gasteiger partial charge in [0.05, 0.1) is 13.7 Å². The number of para-hydroxylation sites is 1. The van der Waals surface area contributed by atoms with E-state index < -0.39 is 0 Å². The number of methoxy groups -OCH3 is 1. The molecule has 144 valence electrons. The van der Waals surface area contributed by atoms with E-state index in [9.17, 15) is 0 Å². The molecule has 1 aromatic carbocycles. The van der Waals surface area contributed by atoms with Gasteiger partial charge in [-0.05, 0) is 31.7 Å². The van der Waals surface area contributed by atoms with Crippen LogP contribution >= 0.6 is 24.0 Å². The van der Waals surface area contributed by atoms with Crippen LogP contribution in [0.2, 0.25) is 0 Å². The van der Waals surface area contributed by atoms with Crippen molar-refractivity contribution in [2.24, 2.45) is 10.4 Å². The largest absolute Gasteiger partial charge is 0.496 e. The van der Waals surface area contributed by atoms with Gasteiger partial charge in [0.1, 0.15) is 5.75 Å². The van der Waals surface area contributed by atoms with Gasteiger partial charge in [-0.3, -0.25) is 4.99 Å². The van der Waals surface area contributed by atoms with Crippen LogP contribution in [-0.4, -0.2) is 57.9 Å². The number of hydrogen-bond donors (Lipinski definition) is 1. The molecule has 0 aromatic heterocycles. The van der Waals surface area contributed by atoms with Crippen molar-refractivity contribution in [3.8, 4) is 5.75 Å². The average Bonchev–Trinajstić information content (AvgIpc) is 3.11. The number of guanidine groups is 1. The first-order valence-electron chi connectivity index (χ1n) is 9.37. The summed E-state index contributed by atoms with van der Waals surface area (Å²) in [6.45, 7) is 4.88. The second-order valence-electron chi connectivity index (χ2n) is 7.86. The maximum absolute atomic E-state index is 5.65. The summed E-state index contributed by atoms with van der Waals surface area (Å²) >= 11 is 0. The first kappa shape index (κ1) is 19.7. The van der Waals surface area contributed by atoms with Gasteiger partial charge in [0.25, 0.3) is 0 Å². The molecule has 4 rings (SSSR count). The van der Waals surface area contributed by atoms with E-state index in [1.807, 2.05) is 13.1 Å². The van der Waals surface area contributed by atoms with Gasteiger partial charge < -0.3 is 19.7 Å². The van der Waals surface area contributed by atoms with Gasteiger partial charge in [-0.1, -0.05) is 18.2 Å². The maximum Gasteiger partial charge on any atom is 0.193 e. The van der Waals surface area contributed by atoms with Gasteiger partial charge in [0.2, 0.25) is 0 Å². The minimum absolute atomic E-state index is 0. The number of aliphatic imine (C=N–C) groups is 1. The van der Waals surface area contributed by atoms with Gasteiger partial charge in [0.15, 0.2) is 5.96 Å². The lowest BCUT2D eigenvalue weighted by Crippen LogP contribution is -2.44. The molecule has 0 bridgehead atoms. The molecule has 2 heterocycles. The summed E-state index contributed by atoms with van der Waals surface area (Å²) in [7, 11) is 3.65. The summed E-state index contributed by atoms with van der Waals surface area (Å²) in [5.74, 6) is 2.03. The highest BCUT2D eigenvalue weighted by atomic mass is 127. The predicted octanol–water partition coefficient (Wildman–Crippen LogP) is 3.03. The number of hydrogen-bond acceptors (Lipinski definition) is 3. The zero-order chi connectivity index (χ0) is 17.3. The Morgan fingerprint density at radius 2 is 2.08 bits per heavy atom. The predicted molar refractivity (Wildman–Crippen MR) is 115 cm³/mol. The van der Waals surface area contributed by atoms with Crippen LogP contribution < -0.4 is 10.1 Å². The molecule has 1 unspecified atom stereocenters. The van der Waals surface area contributed by atoms with E-state index in [2.05, 4.69) is 33.4 Å². The van der Waals surface area contributed by atoms with Crippen LogP contribution in [0, 0.1) is 5.41 Å². The maximum atomic E-state index is 5.65. The van der Waals surface area contributed by atoms with Crippen molar-refractivity contribution in [1.29, 1.82) is 0 Å². The average molecular weight is 471 g/mol. The van der Waals surface area contributed by atoms with Crippen molar-refractivity contribution < 1.29 is 9.47 Å². The molecule has 3 fully saturated rings. The van der Waals surface area contributed by atoms with Crippen LogP contribution in [0.1, 0.15) is 31.2 Å². The number of likely N-dealkylation sites (tertiary alicyclic amines) is 1. The van der Waals surface area contributed by atoms with E-state index in [4.69, 9.17) is 9.47 Å². The quantitative estimate of drug-likeness (QED) is 0.417. The van der Waals surface area contributed by atoms with Crippen LogP contribution in [0.4, 0.5) is 0 Å². The van der Waals surface area contributed by atoms with Gasteiger partial charge in [0, 0.05) is 49.7 Å². The Morgan fingerprint density at radius 3 is 2.73 bits per heavy atom. The summed E-state index contributed by atoms with van der Waals surface area (Å²) in [4.78, 5) is 6.96. The van der Waals surface area contributed by atoms with E-state index in [-0.39, 0.29) is 29.4 Å². The molecule has 1 aromatic rings. The number of rotatable bonds is 4. The molecular weight excluding hydrogens is 441 g/mol. The number of halogens is 1. The minimum Gasteiger partial charge on any atom is -0.496 e.